The molecule has 0 radical (unpaired) electrons. The first kappa shape index (κ1) is 25.1. The first-order valence-electron chi connectivity index (χ1n) is 10.4. The van der Waals surface area contributed by atoms with E-state index < -0.39 is 17.9 Å². The van der Waals surface area contributed by atoms with Gasteiger partial charge in [-0.05, 0) is 59.4 Å². The lowest BCUT2D eigenvalue weighted by atomic mass is 9.91. The van der Waals surface area contributed by atoms with Crippen molar-refractivity contribution in [2.75, 3.05) is 0 Å². The molecule has 0 amide bonds. The van der Waals surface area contributed by atoms with Crippen molar-refractivity contribution in [1.29, 1.82) is 0 Å². The summed E-state index contributed by atoms with van der Waals surface area (Å²) in [5.74, 6) is -1.26. The molecule has 0 saturated carbocycles. The Hall–Kier alpha value is -4.19. The van der Waals surface area contributed by atoms with Crippen LogP contribution in [0.25, 0.3) is 11.1 Å². The van der Waals surface area contributed by atoms with Crippen LogP contribution in [-0.2, 0) is 14.4 Å². The number of hydrogen-bond acceptors (Lipinski definition) is 6. The summed E-state index contributed by atoms with van der Waals surface area (Å²) in [5, 5.41) is 0. The minimum absolute atomic E-state index is 0.0979. The van der Waals surface area contributed by atoms with Crippen LogP contribution < -0.4 is 14.2 Å². The third-order valence-corrected chi connectivity index (χ3v) is 4.71. The molecule has 0 spiro atoms. The van der Waals surface area contributed by atoms with Crippen molar-refractivity contribution < 1.29 is 28.6 Å². The first-order valence-corrected chi connectivity index (χ1v) is 10.4. The number of carbonyl (C=O) groups is 3. The molecular formula is C27H26O6. The highest BCUT2D eigenvalue weighted by molar-refractivity contribution is 5.92. The van der Waals surface area contributed by atoms with E-state index in [2.05, 4.69) is 19.7 Å². The van der Waals surface area contributed by atoms with E-state index in [4.69, 9.17) is 14.2 Å². The summed E-state index contributed by atoms with van der Waals surface area (Å²) in [6.45, 7) is 14.2. The fourth-order valence-electron chi connectivity index (χ4n) is 3.23. The van der Waals surface area contributed by atoms with Crippen LogP contribution in [0.15, 0.2) is 80.4 Å². The van der Waals surface area contributed by atoms with Crippen LogP contribution in [0.3, 0.4) is 0 Å². The number of benzene rings is 2. The minimum Gasteiger partial charge on any atom is -0.423 e. The Bertz CT molecular complexity index is 1110. The highest BCUT2D eigenvalue weighted by Crippen LogP contribution is 2.37. The summed E-state index contributed by atoms with van der Waals surface area (Å²) >= 11 is 0. The molecule has 0 aromatic heterocycles. The van der Waals surface area contributed by atoms with Crippen LogP contribution >= 0.6 is 0 Å². The van der Waals surface area contributed by atoms with Crippen molar-refractivity contribution in [1.82, 2.24) is 0 Å². The van der Waals surface area contributed by atoms with E-state index >= 15 is 0 Å². The van der Waals surface area contributed by atoms with Crippen LogP contribution in [0.1, 0.15) is 37.8 Å². The summed E-state index contributed by atoms with van der Waals surface area (Å²) in [7, 11) is 0. The Kier molecular flexibility index (Phi) is 9.12. The van der Waals surface area contributed by atoms with Gasteiger partial charge in [-0.25, -0.2) is 14.4 Å². The second-order valence-electron chi connectivity index (χ2n) is 6.73. The van der Waals surface area contributed by atoms with Crippen LogP contribution in [0.5, 0.6) is 17.2 Å². The number of rotatable bonds is 10. The van der Waals surface area contributed by atoms with Gasteiger partial charge < -0.3 is 14.2 Å². The van der Waals surface area contributed by atoms with Crippen LogP contribution in [0, 0.1) is 0 Å². The average molecular weight is 446 g/mol. The van der Waals surface area contributed by atoms with E-state index in [1.54, 1.807) is 30.3 Å². The SMILES string of the molecule is C=CC(=O)Oc1ccc(C(CC)=C(CC)c2ccc(OC(=O)C=C)c(OC(=O)C=C)c2)cc1. The quantitative estimate of drug-likeness (QED) is 0.202. The van der Waals surface area contributed by atoms with E-state index in [1.807, 2.05) is 26.0 Å². The number of carbonyl (C=O) groups excluding carboxylic acids is 3. The topological polar surface area (TPSA) is 78.9 Å². The van der Waals surface area contributed by atoms with Gasteiger partial charge in [-0.2, -0.15) is 0 Å². The molecule has 6 nitrogen and oxygen atoms in total. The molecule has 0 aliphatic carbocycles. The molecular weight excluding hydrogens is 420 g/mol. The summed E-state index contributed by atoms with van der Waals surface area (Å²) < 4.78 is 15.7. The molecule has 0 aliphatic rings. The van der Waals surface area contributed by atoms with E-state index in [0.717, 1.165) is 46.9 Å². The van der Waals surface area contributed by atoms with Gasteiger partial charge in [0.1, 0.15) is 5.75 Å². The highest BCUT2D eigenvalue weighted by atomic mass is 16.6. The van der Waals surface area contributed by atoms with Crippen molar-refractivity contribution in [2.45, 2.75) is 26.7 Å². The zero-order valence-electron chi connectivity index (χ0n) is 18.8. The standard InChI is InChI=1S/C27H26O6/c1-6-21(18-11-14-20(15-12-18)31-25(28)8-3)22(7-2)19-13-16-23(32-26(29)9-4)24(17-19)33-27(30)10-5/h8-17H,3-7H2,1-2H3. The molecule has 0 heterocycles. The summed E-state index contributed by atoms with van der Waals surface area (Å²) in [6, 6.07) is 12.2. The van der Waals surface area contributed by atoms with Gasteiger partial charge in [-0.3, -0.25) is 0 Å². The fourth-order valence-corrected chi connectivity index (χ4v) is 3.23. The monoisotopic (exact) mass is 446 g/mol. The lowest BCUT2D eigenvalue weighted by Crippen LogP contribution is -2.09. The summed E-state index contributed by atoms with van der Waals surface area (Å²) in [5.41, 5.74) is 3.85. The third-order valence-electron chi connectivity index (χ3n) is 4.71. The Morgan fingerprint density at radius 3 is 1.64 bits per heavy atom. The lowest BCUT2D eigenvalue weighted by molar-refractivity contribution is -0.131. The maximum absolute atomic E-state index is 11.8. The predicted octanol–water partition coefficient (Wildman–Crippen LogP) is 5.69. The van der Waals surface area contributed by atoms with Crippen LogP contribution in [-0.4, -0.2) is 17.9 Å². The lowest BCUT2D eigenvalue weighted by Gasteiger charge is -2.16. The maximum atomic E-state index is 11.8. The van der Waals surface area contributed by atoms with Gasteiger partial charge in [-0.1, -0.05) is 51.8 Å². The number of esters is 3. The molecule has 170 valence electrons. The van der Waals surface area contributed by atoms with E-state index in [0.29, 0.717) is 12.2 Å². The fraction of sp³-hybridized carbons (Fsp3) is 0.148. The van der Waals surface area contributed by atoms with Gasteiger partial charge in [0.05, 0.1) is 0 Å². The molecule has 0 unspecified atom stereocenters. The smallest absolute Gasteiger partial charge is 0.335 e. The van der Waals surface area contributed by atoms with Crippen molar-refractivity contribution >= 4 is 29.1 Å². The molecule has 33 heavy (non-hydrogen) atoms. The Morgan fingerprint density at radius 1 is 0.667 bits per heavy atom. The van der Waals surface area contributed by atoms with Gasteiger partial charge in [0, 0.05) is 18.2 Å². The molecule has 0 fully saturated rings. The third kappa shape index (κ3) is 6.64. The van der Waals surface area contributed by atoms with Gasteiger partial charge in [0.2, 0.25) is 0 Å². The van der Waals surface area contributed by atoms with E-state index in [-0.39, 0.29) is 11.5 Å². The highest BCUT2D eigenvalue weighted by Gasteiger charge is 2.16. The zero-order valence-corrected chi connectivity index (χ0v) is 18.8. The Balaban J connectivity index is 2.53. The summed E-state index contributed by atoms with van der Waals surface area (Å²) in [4.78, 5) is 34.9. The number of ether oxygens (including phenoxy) is 3. The first-order chi connectivity index (χ1) is 15.9. The Morgan fingerprint density at radius 2 is 1.12 bits per heavy atom. The van der Waals surface area contributed by atoms with Crippen molar-refractivity contribution in [3.8, 4) is 17.2 Å². The van der Waals surface area contributed by atoms with Crippen molar-refractivity contribution in [3.63, 3.8) is 0 Å². The molecule has 0 saturated heterocycles. The van der Waals surface area contributed by atoms with Crippen molar-refractivity contribution in [2.24, 2.45) is 0 Å². The molecule has 6 heteroatoms. The van der Waals surface area contributed by atoms with Crippen molar-refractivity contribution in [3.05, 3.63) is 91.6 Å². The second-order valence-corrected chi connectivity index (χ2v) is 6.73. The molecule has 0 bridgehead atoms. The van der Waals surface area contributed by atoms with Crippen LogP contribution in [0.4, 0.5) is 0 Å². The van der Waals surface area contributed by atoms with Gasteiger partial charge in [-0.15, -0.1) is 0 Å². The maximum Gasteiger partial charge on any atom is 0.335 e. The normalized spacial score (nSPS) is 11.0. The molecule has 0 aliphatic heterocycles. The predicted molar refractivity (Wildman–Crippen MR) is 128 cm³/mol. The summed E-state index contributed by atoms with van der Waals surface area (Å²) in [6.07, 6.45) is 4.57. The molecule has 2 aromatic rings. The average Bonchev–Trinajstić information content (AvgIpc) is 2.83. The molecule has 2 aromatic carbocycles. The van der Waals surface area contributed by atoms with Gasteiger partial charge in [0.25, 0.3) is 0 Å². The molecule has 2 rings (SSSR count). The van der Waals surface area contributed by atoms with E-state index in [9.17, 15) is 14.4 Å². The largest absolute Gasteiger partial charge is 0.423 e. The number of hydrogen-bond donors (Lipinski definition) is 0. The Labute approximate surface area is 193 Å². The zero-order chi connectivity index (χ0) is 24.4. The molecule has 0 atom stereocenters. The van der Waals surface area contributed by atoms with Gasteiger partial charge in [0.15, 0.2) is 11.5 Å². The molecule has 0 N–H and O–H groups in total. The van der Waals surface area contributed by atoms with Gasteiger partial charge >= 0.3 is 17.9 Å². The minimum atomic E-state index is -0.676. The van der Waals surface area contributed by atoms with E-state index in [1.165, 1.54) is 0 Å². The number of allylic oxidation sites excluding steroid dienone is 2. The second kappa shape index (κ2) is 12.0. The van der Waals surface area contributed by atoms with Crippen LogP contribution in [0.2, 0.25) is 0 Å².